The summed E-state index contributed by atoms with van der Waals surface area (Å²) in [5.74, 6) is 1.19. The van der Waals surface area contributed by atoms with Crippen LogP contribution in [0.25, 0.3) is 6.08 Å². The van der Waals surface area contributed by atoms with Gasteiger partial charge in [0.1, 0.15) is 5.75 Å². The molecule has 2 heterocycles. The smallest absolute Gasteiger partial charge is 0.338 e. The molecule has 0 bridgehead atoms. The van der Waals surface area contributed by atoms with Gasteiger partial charge in [-0.2, -0.15) is 0 Å². The van der Waals surface area contributed by atoms with Gasteiger partial charge in [-0.25, -0.2) is 9.79 Å². The zero-order valence-electron chi connectivity index (χ0n) is 20.5. The molecule has 4 rings (SSSR count). The molecule has 0 aliphatic carbocycles. The van der Waals surface area contributed by atoms with E-state index in [0.29, 0.717) is 53.5 Å². The van der Waals surface area contributed by atoms with E-state index in [4.69, 9.17) is 18.9 Å². The summed E-state index contributed by atoms with van der Waals surface area (Å²) in [4.78, 5) is 31.9. The van der Waals surface area contributed by atoms with Crippen molar-refractivity contribution >= 4 is 39.3 Å². The third-order valence-corrected chi connectivity index (χ3v) is 7.33. The Morgan fingerprint density at radius 3 is 2.53 bits per heavy atom. The lowest BCUT2D eigenvalue weighted by Gasteiger charge is -2.25. The molecule has 1 atom stereocenters. The van der Waals surface area contributed by atoms with E-state index in [1.54, 1.807) is 53.4 Å². The van der Waals surface area contributed by atoms with Crippen molar-refractivity contribution in [1.29, 1.82) is 0 Å². The molecule has 0 saturated carbocycles. The second-order valence-corrected chi connectivity index (χ2v) is 9.64. The summed E-state index contributed by atoms with van der Waals surface area (Å²) >= 11 is 4.76. The van der Waals surface area contributed by atoms with Crippen LogP contribution in [0.5, 0.6) is 17.2 Å². The first-order valence-electron chi connectivity index (χ1n) is 11.1. The second-order valence-electron chi connectivity index (χ2n) is 7.78. The molecular formula is C26H25BrN2O6S. The van der Waals surface area contributed by atoms with Crippen LogP contribution in [-0.2, 0) is 9.53 Å². The van der Waals surface area contributed by atoms with E-state index in [1.165, 1.54) is 15.9 Å². The first-order valence-corrected chi connectivity index (χ1v) is 12.7. The van der Waals surface area contributed by atoms with Crippen LogP contribution in [0.4, 0.5) is 0 Å². The monoisotopic (exact) mass is 572 g/mol. The summed E-state index contributed by atoms with van der Waals surface area (Å²) in [6.07, 6.45) is 1.75. The maximum atomic E-state index is 13.8. The van der Waals surface area contributed by atoms with Gasteiger partial charge in [0.15, 0.2) is 16.3 Å². The van der Waals surface area contributed by atoms with Crippen LogP contribution in [0.1, 0.15) is 31.0 Å². The zero-order valence-corrected chi connectivity index (χ0v) is 22.9. The SMILES string of the molecule is CCOC(=O)C1=C(C)N=c2s/c(=C/c3cccc(OC)c3OC)c(=O)n2[C@H]1c1ccc(OC)c(Br)c1. The number of halogens is 1. The molecule has 0 radical (unpaired) electrons. The summed E-state index contributed by atoms with van der Waals surface area (Å²) in [7, 11) is 4.68. The Morgan fingerprint density at radius 2 is 1.89 bits per heavy atom. The third-order valence-electron chi connectivity index (χ3n) is 5.73. The van der Waals surface area contributed by atoms with E-state index < -0.39 is 12.0 Å². The number of thiazole rings is 1. The van der Waals surface area contributed by atoms with Gasteiger partial charge in [-0.1, -0.05) is 29.5 Å². The fourth-order valence-corrected chi connectivity index (χ4v) is 5.72. The van der Waals surface area contributed by atoms with Gasteiger partial charge in [0.25, 0.3) is 5.56 Å². The molecule has 2 aromatic carbocycles. The van der Waals surface area contributed by atoms with Gasteiger partial charge >= 0.3 is 5.97 Å². The Hall–Kier alpha value is -3.37. The number of benzene rings is 2. The summed E-state index contributed by atoms with van der Waals surface area (Å²) in [5.41, 5.74) is 1.93. The maximum absolute atomic E-state index is 13.8. The van der Waals surface area contributed by atoms with Crippen LogP contribution in [0.3, 0.4) is 0 Å². The normalized spacial score (nSPS) is 15.3. The fourth-order valence-electron chi connectivity index (χ4n) is 4.13. The molecule has 8 nitrogen and oxygen atoms in total. The van der Waals surface area contributed by atoms with Gasteiger partial charge < -0.3 is 18.9 Å². The van der Waals surface area contributed by atoms with Crippen LogP contribution in [-0.4, -0.2) is 38.5 Å². The second kappa shape index (κ2) is 10.7. The topological polar surface area (TPSA) is 88.4 Å². The maximum Gasteiger partial charge on any atom is 0.338 e. The number of aromatic nitrogens is 1. The largest absolute Gasteiger partial charge is 0.496 e. The van der Waals surface area contributed by atoms with Gasteiger partial charge in [-0.15, -0.1) is 0 Å². The Balaban J connectivity index is 1.98. The molecule has 0 saturated heterocycles. The highest BCUT2D eigenvalue weighted by Crippen LogP contribution is 2.35. The number of carbonyl (C=O) groups excluding carboxylic acids is 1. The highest BCUT2D eigenvalue weighted by molar-refractivity contribution is 9.10. The average molecular weight is 573 g/mol. The number of para-hydroxylation sites is 1. The molecule has 3 aromatic rings. The van der Waals surface area contributed by atoms with Gasteiger partial charge in [0.05, 0.1) is 54.3 Å². The van der Waals surface area contributed by atoms with Crippen molar-refractivity contribution in [3.8, 4) is 17.2 Å². The summed E-state index contributed by atoms with van der Waals surface area (Å²) < 4.78 is 24.3. The number of hydrogen-bond donors (Lipinski definition) is 0. The highest BCUT2D eigenvalue weighted by Gasteiger charge is 2.33. The minimum atomic E-state index is -0.725. The van der Waals surface area contributed by atoms with Crippen molar-refractivity contribution in [3.05, 3.63) is 83.0 Å². The van der Waals surface area contributed by atoms with Crippen LogP contribution in [0, 0.1) is 0 Å². The number of rotatable bonds is 7. The molecule has 1 aromatic heterocycles. The first-order chi connectivity index (χ1) is 17.3. The fraction of sp³-hybridized carbons (Fsp3) is 0.269. The number of nitrogens with zero attached hydrogens (tertiary/aromatic N) is 2. The molecule has 0 N–H and O–H groups in total. The third kappa shape index (κ3) is 4.58. The van der Waals surface area contributed by atoms with E-state index in [-0.39, 0.29) is 12.2 Å². The minimum absolute atomic E-state index is 0.203. The summed E-state index contributed by atoms with van der Waals surface area (Å²) in [6, 6.07) is 10.2. The van der Waals surface area contributed by atoms with Gasteiger partial charge in [0.2, 0.25) is 0 Å². The molecular weight excluding hydrogens is 548 g/mol. The quantitative estimate of drug-likeness (QED) is 0.402. The number of ether oxygens (including phenoxy) is 4. The van der Waals surface area contributed by atoms with E-state index in [9.17, 15) is 9.59 Å². The molecule has 0 fully saturated rings. The molecule has 0 amide bonds. The Morgan fingerprint density at radius 1 is 1.14 bits per heavy atom. The number of carbonyl (C=O) groups is 1. The lowest BCUT2D eigenvalue weighted by molar-refractivity contribution is -0.139. The molecule has 1 aliphatic heterocycles. The minimum Gasteiger partial charge on any atom is -0.496 e. The van der Waals surface area contributed by atoms with E-state index in [0.717, 1.165) is 0 Å². The Bertz CT molecular complexity index is 1540. The van der Waals surface area contributed by atoms with Crippen LogP contribution < -0.4 is 29.1 Å². The van der Waals surface area contributed by atoms with Gasteiger partial charge in [-0.05, 0) is 59.6 Å². The summed E-state index contributed by atoms with van der Waals surface area (Å²) in [5, 5.41) is 0. The molecule has 10 heteroatoms. The molecule has 0 spiro atoms. The number of esters is 1. The number of hydrogen-bond acceptors (Lipinski definition) is 8. The summed E-state index contributed by atoms with van der Waals surface area (Å²) in [6.45, 7) is 3.69. The Kier molecular flexibility index (Phi) is 7.65. The zero-order chi connectivity index (χ0) is 26.0. The van der Waals surface area contributed by atoms with Crippen molar-refractivity contribution in [1.82, 2.24) is 4.57 Å². The Labute approximate surface area is 220 Å². The predicted molar refractivity (Wildman–Crippen MR) is 141 cm³/mol. The van der Waals surface area contributed by atoms with E-state index in [2.05, 4.69) is 20.9 Å². The molecule has 1 aliphatic rings. The van der Waals surface area contributed by atoms with Crippen LogP contribution in [0.15, 0.2) is 61.9 Å². The van der Waals surface area contributed by atoms with Crippen molar-refractivity contribution < 1.29 is 23.7 Å². The standard InChI is InChI=1S/C26H25BrN2O6S/c1-6-35-25(31)21-14(2)28-26-29(22(21)15-10-11-18(32-3)17(27)12-15)24(30)20(36-26)13-16-8-7-9-19(33-4)23(16)34-5/h7-13,22H,6H2,1-5H3/b20-13+/t22-/m0/s1. The first kappa shape index (κ1) is 25.7. The van der Waals surface area contributed by atoms with Crippen molar-refractivity contribution in [2.75, 3.05) is 27.9 Å². The number of allylic oxidation sites excluding steroid dienone is 1. The molecule has 0 unspecified atom stereocenters. The van der Waals surface area contributed by atoms with Crippen LogP contribution >= 0.6 is 27.3 Å². The molecule has 188 valence electrons. The van der Waals surface area contributed by atoms with Crippen molar-refractivity contribution in [2.24, 2.45) is 4.99 Å². The number of methoxy groups -OCH3 is 3. The van der Waals surface area contributed by atoms with Gasteiger partial charge in [-0.3, -0.25) is 9.36 Å². The van der Waals surface area contributed by atoms with Crippen molar-refractivity contribution in [3.63, 3.8) is 0 Å². The lowest BCUT2D eigenvalue weighted by Crippen LogP contribution is -2.40. The van der Waals surface area contributed by atoms with E-state index in [1.807, 2.05) is 24.3 Å². The van der Waals surface area contributed by atoms with E-state index >= 15 is 0 Å². The highest BCUT2D eigenvalue weighted by atomic mass is 79.9. The van der Waals surface area contributed by atoms with Crippen LogP contribution in [0.2, 0.25) is 0 Å². The molecule has 36 heavy (non-hydrogen) atoms. The predicted octanol–water partition coefficient (Wildman–Crippen LogP) is 3.59. The van der Waals surface area contributed by atoms with Gasteiger partial charge in [0, 0.05) is 5.56 Å². The lowest BCUT2D eigenvalue weighted by atomic mass is 9.96. The number of fused-ring (bicyclic) bond motifs is 1. The average Bonchev–Trinajstić information content (AvgIpc) is 3.17. The van der Waals surface area contributed by atoms with Crippen molar-refractivity contribution in [2.45, 2.75) is 19.9 Å².